The zero-order valence-corrected chi connectivity index (χ0v) is 12.2. The van der Waals surface area contributed by atoms with Gasteiger partial charge in [-0.25, -0.2) is 4.39 Å². The molecule has 0 atom stereocenters. The number of carbonyl (C=O) groups excluding carboxylic acids is 1. The summed E-state index contributed by atoms with van der Waals surface area (Å²) in [5.74, 6) is 0.147. The van der Waals surface area contributed by atoms with Crippen LogP contribution in [0.5, 0.6) is 5.75 Å². The largest absolute Gasteiger partial charge is 0.484 e. The normalized spacial score (nSPS) is 10.2. The molecular weight excluding hydrogens is 269 g/mol. The molecule has 2 aromatic rings. The van der Waals surface area contributed by atoms with Crippen LogP contribution in [0.15, 0.2) is 42.5 Å². The maximum absolute atomic E-state index is 13.0. The Hall–Kier alpha value is -2.36. The van der Waals surface area contributed by atoms with Crippen LogP contribution in [0.4, 0.5) is 4.39 Å². The van der Waals surface area contributed by atoms with Gasteiger partial charge in [0.25, 0.3) is 5.91 Å². The van der Waals surface area contributed by atoms with Gasteiger partial charge in [0.05, 0.1) is 0 Å². The summed E-state index contributed by atoms with van der Waals surface area (Å²) in [6, 6.07) is 11.9. The number of hydrogen-bond acceptors (Lipinski definition) is 2. The second-order valence-corrected chi connectivity index (χ2v) is 4.96. The van der Waals surface area contributed by atoms with E-state index >= 15 is 0 Å². The van der Waals surface area contributed by atoms with E-state index in [0.29, 0.717) is 5.75 Å². The molecule has 0 heterocycles. The third kappa shape index (κ3) is 4.60. The second kappa shape index (κ2) is 6.88. The fourth-order valence-electron chi connectivity index (χ4n) is 2.00. The van der Waals surface area contributed by atoms with Crippen molar-refractivity contribution in [2.45, 2.75) is 20.4 Å². The summed E-state index contributed by atoms with van der Waals surface area (Å²) in [5, 5.41) is 2.70. The third-order valence-electron chi connectivity index (χ3n) is 3.07. The van der Waals surface area contributed by atoms with Crippen LogP contribution in [0.2, 0.25) is 0 Å². The zero-order chi connectivity index (χ0) is 15.2. The highest BCUT2D eigenvalue weighted by atomic mass is 19.1. The maximum Gasteiger partial charge on any atom is 0.258 e. The second-order valence-electron chi connectivity index (χ2n) is 4.96. The quantitative estimate of drug-likeness (QED) is 0.917. The van der Waals surface area contributed by atoms with Gasteiger partial charge in [0.1, 0.15) is 11.6 Å². The van der Waals surface area contributed by atoms with Gasteiger partial charge in [-0.15, -0.1) is 0 Å². The van der Waals surface area contributed by atoms with Crippen molar-refractivity contribution in [3.63, 3.8) is 0 Å². The molecular formula is C17H18FNO2. The number of nitrogens with one attached hydrogen (secondary N) is 1. The lowest BCUT2D eigenvalue weighted by atomic mass is 10.1. The Morgan fingerprint density at radius 1 is 1.19 bits per heavy atom. The minimum Gasteiger partial charge on any atom is -0.484 e. The Morgan fingerprint density at radius 3 is 2.71 bits per heavy atom. The van der Waals surface area contributed by atoms with Crippen LogP contribution in [0, 0.1) is 19.7 Å². The van der Waals surface area contributed by atoms with Crippen molar-refractivity contribution in [1.29, 1.82) is 0 Å². The Kier molecular flexibility index (Phi) is 4.93. The molecule has 4 heteroatoms. The Labute approximate surface area is 123 Å². The van der Waals surface area contributed by atoms with E-state index in [9.17, 15) is 9.18 Å². The minimum absolute atomic E-state index is 0.0563. The lowest BCUT2D eigenvalue weighted by molar-refractivity contribution is -0.123. The van der Waals surface area contributed by atoms with Crippen LogP contribution in [0.3, 0.4) is 0 Å². The third-order valence-corrected chi connectivity index (χ3v) is 3.07. The molecule has 0 aliphatic carbocycles. The highest BCUT2D eigenvalue weighted by Crippen LogP contribution is 2.18. The fraction of sp³-hybridized carbons (Fsp3) is 0.235. The van der Waals surface area contributed by atoms with Gasteiger partial charge >= 0.3 is 0 Å². The maximum atomic E-state index is 13.0. The Bertz CT molecular complexity index is 640. The molecule has 0 unspecified atom stereocenters. The molecule has 0 aromatic heterocycles. The van der Waals surface area contributed by atoms with Crippen LogP contribution in [0.25, 0.3) is 0 Å². The van der Waals surface area contributed by atoms with Crippen LogP contribution < -0.4 is 10.1 Å². The lowest BCUT2D eigenvalue weighted by Gasteiger charge is -2.10. The van der Waals surface area contributed by atoms with Gasteiger partial charge in [0.2, 0.25) is 0 Å². The molecule has 0 spiro atoms. The molecule has 0 saturated heterocycles. The van der Waals surface area contributed by atoms with Gasteiger partial charge in [-0.1, -0.05) is 29.8 Å². The number of hydrogen-bond donors (Lipinski definition) is 1. The number of benzene rings is 2. The van der Waals surface area contributed by atoms with E-state index < -0.39 is 0 Å². The van der Waals surface area contributed by atoms with E-state index in [1.165, 1.54) is 12.1 Å². The summed E-state index contributed by atoms with van der Waals surface area (Å²) in [7, 11) is 0. The molecule has 0 radical (unpaired) electrons. The van der Waals surface area contributed by atoms with Gasteiger partial charge in [-0.3, -0.25) is 4.79 Å². The predicted molar refractivity (Wildman–Crippen MR) is 79.7 cm³/mol. The van der Waals surface area contributed by atoms with E-state index in [4.69, 9.17) is 4.74 Å². The average Bonchev–Trinajstić information content (AvgIpc) is 2.44. The molecule has 2 aromatic carbocycles. The lowest BCUT2D eigenvalue weighted by Crippen LogP contribution is -2.28. The number of rotatable bonds is 5. The van der Waals surface area contributed by atoms with Crippen molar-refractivity contribution in [2.24, 2.45) is 0 Å². The highest BCUT2D eigenvalue weighted by molar-refractivity contribution is 5.77. The van der Waals surface area contributed by atoms with Gasteiger partial charge in [-0.05, 0) is 43.2 Å². The van der Waals surface area contributed by atoms with Crippen molar-refractivity contribution in [2.75, 3.05) is 6.61 Å². The van der Waals surface area contributed by atoms with Gasteiger partial charge in [-0.2, -0.15) is 0 Å². The molecule has 1 N–H and O–H groups in total. The molecule has 110 valence electrons. The Morgan fingerprint density at radius 2 is 2.00 bits per heavy atom. The predicted octanol–water partition coefficient (Wildman–Crippen LogP) is 3.14. The molecule has 3 nitrogen and oxygen atoms in total. The summed E-state index contributed by atoms with van der Waals surface area (Å²) in [6.45, 7) is 4.17. The summed E-state index contributed by atoms with van der Waals surface area (Å²) < 4.78 is 18.5. The molecule has 0 saturated carbocycles. The van der Waals surface area contributed by atoms with Gasteiger partial charge in [0.15, 0.2) is 6.61 Å². The number of ether oxygens (including phenoxy) is 1. The van der Waals surface area contributed by atoms with Crippen molar-refractivity contribution < 1.29 is 13.9 Å². The van der Waals surface area contributed by atoms with E-state index in [-0.39, 0.29) is 24.9 Å². The molecule has 1 amide bonds. The first-order valence-electron chi connectivity index (χ1n) is 6.76. The van der Waals surface area contributed by atoms with E-state index in [1.807, 2.05) is 32.0 Å². The minimum atomic E-state index is -0.312. The van der Waals surface area contributed by atoms with E-state index in [2.05, 4.69) is 5.32 Å². The summed E-state index contributed by atoms with van der Waals surface area (Å²) >= 11 is 0. The highest BCUT2D eigenvalue weighted by Gasteiger charge is 2.05. The number of halogens is 1. The molecule has 0 aliphatic heterocycles. The first-order chi connectivity index (χ1) is 10.0. The van der Waals surface area contributed by atoms with Gasteiger partial charge in [0, 0.05) is 6.54 Å². The van der Waals surface area contributed by atoms with Crippen LogP contribution in [0.1, 0.15) is 16.7 Å². The monoisotopic (exact) mass is 287 g/mol. The van der Waals surface area contributed by atoms with Crippen LogP contribution in [-0.4, -0.2) is 12.5 Å². The number of aryl methyl sites for hydroxylation is 2. The zero-order valence-electron chi connectivity index (χ0n) is 12.2. The van der Waals surface area contributed by atoms with Crippen LogP contribution >= 0.6 is 0 Å². The molecule has 0 aliphatic rings. The first-order valence-corrected chi connectivity index (χ1v) is 6.76. The van der Waals surface area contributed by atoms with Gasteiger partial charge < -0.3 is 10.1 Å². The van der Waals surface area contributed by atoms with E-state index in [0.717, 1.165) is 16.7 Å². The molecule has 0 bridgehead atoms. The van der Waals surface area contributed by atoms with Crippen molar-refractivity contribution in [3.05, 3.63) is 65.0 Å². The number of amides is 1. The molecule has 2 rings (SSSR count). The first kappa shape index (κ1) is 15.0. The average molecular weight is 287 g/mol. The summed E-state index contributed by atoms with van der Waals surface area (Å²) in [5.41, 5.74) is 2.86. The molecule has 21 heavy (non-hydrogen) atoms. The molecule has 0 fully saturated rings. The van der Waals surface area contributed by atoms with Crippen molar-refractivity contribution >= 4 is 5.91 Å². The van der Waals surface area contributed by atoms with Crippen LogP contribution in [-0.2, 0) is 11.3 Å². The van der Waals surface area contributed by atoms with Crippen molar-refractivity contribution in [1.82, 2.24) is 5.32 Å². The van der Waals surface area contributed by atoms with E-state index in [1.54, 1.807) is 12.1 Å². The fourth-order valence-corrected chi connectivity index (χ4v) is 2.00. The summed E-state index contributed by atoms with van der Waals surface area (Å²) in [6.07, 6.45) is 0. The summed E-state index contributed by atoms with van der Waals surface area (Å²) in [4.78, 5) is 11.7. The topological polar surface area (TPSA) is 38.3 Å². The number of carbonyl (C=O) groups is 1. The van der Waals surface area contributed by atoms with Crippen molar-refractivity contribution in [3.8, 4) is 5.75 Å². The Balaban J connectivity index is 1.82. The SMILES string of the molecule is Cc1ccc(OCC(=O)NCc2cccc(F)c2)c(C)c1. The standard InChI is InChI=1S/C17H18FNO2/c1-12-6-7-16(13(2)8-12)21-11-17(20)19-10-14-4-3-5-15(18)9-14/h3-9H,10-11H2,1-2H3,(H,19,20). The smallest absolute Gasteiger partial charge is 0.258 e.